The summed E-state index contributed by atoms with van der Waals surface area (Å²) in [7, 11) is 2.13. The minimum absolute atomic E-state index is 0.0547. The summed E-state index contributed by atoms with van der Waals surface area (Å²) >= 11 is 0. The molecule has 2 rings (SSSR count). The second-order valence-electron chi connectivity index (χ2n) is 8.08. The largest absolute Gasteiger partial charge is 0.345 e. The molecule has 2 aromatic heterocycles. The molecule has 4 nitrogen and oxygen atoms in total. The lowest BCUT2D eigenvalue weighted by molar-refractivity contribution is 0.406. The maximum Gasteiger partial charge on any atom is 0.111 e. The number of hydrogen-bond donors (Lipinski definition) is 1. The van der Waals surface area contributed by atoms with Gasteiger partial charge >= 0.3 is 0 Å². The number of hydrogen-bond acceptors (Lipinski definition) is 2. The maximum atomic E-state index is 4.63. The minimum atomic E-state index is 0.0547. The summed E-state index contributed by atoms with van der Waals surface area (Å²) < 4.78 is 2.26. The van der Waals surface area contributed by atoms with Gasteiger partial charge in [0.05, 0.1) is 0 Å². The highest BCUT2D eigenvalue weighted by atomic mass is 15.1. The third-order valence-corrected chi connectivity index (χ3v) is 4.75. The van der Waals surface area contributed by atoms with Crippen molar-refractivity contribution < 1.29 is 0 Å². The van der Waals surface area contributed by atoms with Crippen LogP contribution < -0.4 is 0 Å². The van der Waals surface area contributed by atoms with E-state index in [1.165, 1.54) is 11.4 Å². The third kappa shape index (κ3) is 3.67. The van der Waals surface area contributed by atoms with Crippen molar-refractivity contribution in [3.63, 3.8) is 0 Å². The van der Waals surface area contributed by atoms with E-state index in [2.05, 4.69) is 75.0 Å². The van der Waals surface area contributed by atoms with Gasteiger partial charge in [0.25, 0.3) is 0 Å². The summed E-state index contributed by atoms with van der Waals surface area (Å²) in [5, 5.41) is 0. The van der Waals surface area contributed by atoms with E-state index in [9.17, 15) is 0 Å². The van der Waals surface area contributed by atoms with E-state index in [0.717, 1.165) is 18.1 Å². The fraction of sp³-hybridized carbons (Fsp3) is 0.684. The van der Waals surface area contributed by atoms with Gasteiger partial charge in [-0.25, -0.2) is 9.97 Å². The molecule has 1 atom stereocenters. The van der Waals surface area contributed by atoms with Gasteiger partial charge in [-0.05, 0) is 12.3 Å². The van der Waals surface area contributed by atoms with Crippen molar-refractivity contribution in [1.82, 2.24) is 19.5 Å². The van der Waals surface area contributed by atoms with Crippen molar-refractivity contribution >= 4 is 0 Å². The molecule has 0 aliphatic carbocycles. The van der Waals surface area contributed by atoms with Crippen molar-refractivity contribution in [3.8, 4) is 0 Å². The minimum Gasteiger partial charge on any atom is -0.345 e. The first-order valence-electron chi connectivity index (χ1n) is 8.70. The lowest BCUT2D eigenvalue weighted by Gasteiger charge is -2.28. The van der Waals surface area contributed by atoms with E-state index < -0.39 is 0 Å². The molecule has 0 fully saturated rings. The maximum absolute atomic E-state index is 4.63. The van der Waals surface area contributed by atoms with Gasteiger partial charge in [-0.3, -0.25) is 0 Å². The Bertz CT molecular complexity index is 646. The van der Waals surface area contributed by atoms with E-state index in [0.29, 0.717) is 17.8 Å². The molecule has 2 aromatic rings. The molecule has 4 heteroatoms. The van der Waals surface area contributed by atoms with E-state index in [4.69, 9.17) is 0 Å². The highest BCUT2D eigenvalue weighted by Crippen LogP contribution is 2.35. The summed E-state index contributed by atoms with van der Waals surface area (Å²) in [5.41, 5.74) is 2.56. The van der Waals surface area contributed by atoms with Gasteiger partial charge in [0, 0.05) is 48.1 Å². The number of nitrogens with zero attached hydrogens (tertiary/aromatic N) is 3. The zero-order valence-electron chi connectivity index (χ0n) is 15.9. The predicted octanol–water partition coefficient (Wildman–Crippen LogP) is 4.86. The Morgan fingerprint density at radius 1 is 1.04 bits per heavy atom. The zero-order valence-corrected chi connectivity index (χ0v) is 15.9. The van der Waals surface area contributed by atoms with Crippen LogP contribution in [0.5, 0.6) is 0 Å². The smallest absolute Gasteiger partial charge is 0.111 e. The topological polar surface area (TPSA) is 46.5 Å². The number of nitrogens with one attached hydrogen (secondary N) is 1. The molecule has 0 aromatic carbocycles. The van der Waals surface area contributed by atoms with E-state index in [1.807, 2.05) is 12.4 Å². The average Bonchev–Trinajstić information content (AvgIpc) is 3.04. The van der Waals surface area contributed by atoms with Crippen LogP contribution in [0, 0.1) is 0 Å². The zero-order chi connectivity index (χ0) is 17.4. The fourth-order valence-corrected chi connectivity index (χ4v) is 3.45. The van der Waals surface area contributed by atoms with E-state index >= 15 is 0 Å². The monoisotopic (exact) mass is 316 g/mol. The molecule has 0 spiro atoms. The van der Waals surface area contributed by atoms with Crippen molar-refractivity contribution in [1.29, 1.82) is 0 Å². The lowest BCUT2D eigenvalue weighted by atomic mass is 9.80. The van der Waals surface area contributed by atoms with Gasteiger partial charge < -0.3 is 9.55 Å². The second kappa shape index (κ2) is 6.50. The molecule has 128 valence electrons. The Kier molecular flexibility index (Phi) is 5.02. The van der Waals surface area contributed by atoms with Crippen LogP contribution in [-0.4, -0.2) is 19.5 Å². The molecule has 1 unspecified atom stereocenters. The Morgan fingerprint density at radius 3 is 2.17 bits per heavy atom. The molecule has 0 saturated carbocycles. The Morgan fingerprint density at radius 2 is 1.70 bits per heavy atom. The molecule has 2 heterocycles. The van der Waals surface area contributed by atoms with Crippen LogP contribution in [0.25, 0.3) is 0 Å². The Hall–Kier alpha value is -1.58. The predicted molar refractivity (Wildman–Crippen MR) is 96.0 cm³/mol. The fourth-order valence-electron chi connectivity index (χ4n) is 3.45. The Balaban J connectivity index is 2.19. The SMILES string of the molecule is CC(C)c1cnc(C(C)CC(C)(C)c2cnc(C(C)C)n2C)[nH]1. The normalized spacial score (nSPS) is 14.0. The van der Waals surface area contributed by atoms with Crippen molar-refractivity contribution in [2.75, 3.05) is 0 Å². The average molecular weight is 316 g/mol. The number of rotatable bonds is 6. The van der Waals surface area contributed by atoms with Gasteiger partial charge in [-0.1, -0.05) is 48.5 Å². The standard InChI is InChI=1S/C19H32N4/c1-12(2)15-10-20-17(22-15)14(5)9-19(6,7)16-11-21-18(13(3)4)23(16)8/h10-14H,9H2,1-8H3,(H,20,22). The molecule has 1 N–H and O–H groups in total. The number of imidazole rings is 2. The number of aromatic nitrogens is 4. The summed E-state index contributed by atoms with van der Waals surface area (Å²) in [4.78, 5) is 12.7. The van der Waals surface area contributed by atoms with Crippen LogP contribution in [0.15, 0.2) is 12.4 Å². The first kappa shape index (κ1) is 17.8. The molecular formula is C19H32N4. The first-order chi connectivity index (χ1) is 10.6. The van der Waals surface area contributed by atoms with Gasteiger partial charge in [0.2, 0.25) is 0 Å². The summed E-state index contributed by atoms with van der Waals surface area (Å²) in [5.74, 6) is 3.56. The highest BCUT2D eigenvalue weighted by molar-refractivity contribution is 5.19. The highest BCUT2D eigenvalue weighted by Gasteiger charge is 2.29. The summed E-state index contributed by atoms with van der Waals surface area (Å²) in [6.07, 6.45) is 5.06. The van der Waals surface area contributed by atoms with Gasteiger partial charge in [-0.15, -0.1) is 0 Å². The summed E-state index contributed by atoms with van der Waals surface area (Å²) in [6, 6.07) is 0. The number of aromatic amines is 1. The molecule has 0 saturated heterocycles. The van der Waals surface area contributed by atoms with Gasteiger partial charge in [0.1, 0.15) is 11.6 Å². The summed E-state index contributed by atoms with van der Waals surface area (Å²) in [6.45, 7) is 15.6. The van der Waals surface area contributed by atoms with Crippen LogP contribution in [0.1, 0.15) is 95.7 Å². The first-order valence-corrected chi connectivity index (χ1v) is 8.70. The van der Waals surface area contributed by atoms with Crippen LogP contribution in [0.2, 0.25) is 0 Å². The van der Waals surface area contributed by atoms with Crippen LogP contribution in [-0.2, 0) is 12.5 Å². The molecule has 0 aliphatic heterocycles. The molecule has 0 amide bonds. The van der Waals surface area contributed by atoms with Gasteiger partial charge in [-0.2, -0.15) is 0 Å². The molecule has 0 aliphatic rings. The van der Waals surface area contributed by atoms with E-state index in [1.54, 1.807) is 0 Å². The Labute approximate surface area is 140 Å². The van der Waals surface area contributed by atoms with Gasteiger partial charge in [0.15, 0.2) is 0 Å². The molecule has 0 bridgehead atoms. The van der Waals surface area contributed by atoms with Crippen molar-refractivity contribution in [2.24, 2.45) is 7.05 Å². The molecule has 0 radical (unpaired) electrons. The quantitative estimate of drug-likeness (QED) is 0.827. The number of H-pyrrole nitrogens is 1. The van der Waals surface area contributed by atoms with Crippen molar-refractivity contribution in [3.05, 3.63) is 35.4 Å². The third-order valence-electron chi connectivity index (χ3n) is 4.75. The molecule has 23 heavy (non-hydrogen) atoms. The van der Waals surface area contributed by atoms with Crippen LogP contribution in [0.4, 0.5) is 0 Å². The van der Waals surface area contributed by atoms with Crippen LogP contribution >= 0.6 is 0 Å². The lowest BCUT2D eigenvalue weighted by Crippen LogP contribution is -2.24. The molecular weight excluding hydrogens is 284 g/mol. The van der Waals surface area contributed by atoms with Crippen molar-refractivity contribution in [2.45, 2.75) is 78.1 Å². The second-order valence-corrected chi connectivity index (χ2v) is 8.08. The van der Waals surface area contributed by atoms with Crippen LogP contribution in [0.3, 0.4) is 0 Å². The van der Waals surface area contributed by atoms with E-state index in [-0.39, 0.29) is 5.41 Å².